The van der Waals surface area contributed by atoms with E-state index in [1.165, 1.54) is 108 Å². The molecule has 14 aromatic rings. The Labute approximate surface area is 385 Å². The Bertz CT molecular complexity index is 4160. The van der Waals surface area contributed by atoms with Crippen LogP contribution in [0.2, 0.25) is 0 Å². The highest BCUT2D eigenvalue weighted by atomic mass is 32.1. The molecule has 0 N–H and O–H groups in total. The van der Waals surface area contributed by atoms with Crippen LogP contribution in [0.5, 0.6) is 0 Å². The lowest BCUT2D eigenvalue weighted by Crippen LogP contribution is -1.91. The zero-order valence-electron chi connectivity index (χ0n) is 35.8. The fourth-order valence-electron chi connectivity index (χ4n) is 11.0. The van der Waals surface area contributed by atoms with Crippen molar-refractivity contribution in [3.63, 3.8) is 0 Å². The first-order valence-electron chi connectivity index (χ1n) is 22.7. The molecule has 12 aromatic carbocycles. The highest BCUT2D eigenvalue weighted by Gasteiger charge is 2.22. The van der Waals surface area contributed by atoms with Crippen molar-refractivity contribution >= 4 is 96.5 Å². The molecule has 0 saturated heterocycles. The van der Waals surface area contributed by atoms with Gasteiger partial charge in [-0.05, 0) is 124 Å². The third-order valence-electron chi connectivity index (χ3n) is 13.8. The lowest BCUT2D eigenvalue weighted by Gasteiger charge is -2.18. The van der Waals surface area contributed by atoms with Crippen molar-refractivity contribution in [3.8, 4) is 55.6 Å². The number of hydrogen-bond acceptors (Lipinski definition) is 2. The normalized spacial score (nSPS) is 11.9. The maximum Gasteiger partial charge on any atom is 0.143 e. The van der Waals surface area contributed by atoms with Gasteiger partial charge in [0.2, 0.25) is 0 Å². The second-order valence-corrected chi connectivity index (χ2v) is 18.5. The van der Waals surface area contributed by atoms with Crippen molar-refractivity contribution in [1.82, 2.24) is 0 Å². The van der Waals surface area contributed by atoms with E-state index in [1.807, 2.05) is 11.3 Å². The van der Waals surface area contributed by atoms with E-state index in [1.54, 1.807) is 0 Å². The van der Waals surface area contributed by atoms with Gasteiger partial charge in [-0.15, -0.1) is 11.3 Å². The molecule has 0 fully saturated rings. The fourth-order valence-corrected chi connectivity index (χ4v) is 12.0. The SMILES string of the molecule is c1ccc(-c2ccc3sc4ccc(-c5c6ccccc6c(-c6cccc7c6oc6cc(-c8c9ccccc9c(-c9ccccc9)c9ccccc89)ccc67)c6ccccc56)cc4c3c2)cc1. The molecule has 306 valence electrons. The smallest absolute Gasteiger partial charge is 0.143 e. The van der Waals surface area contributed by atoms with Crippen molar-refractivity contribution in [2.24, 2.45) is 0 Å². The van der Waals surface area contributed by atoms with E-state index >= 15 is 0 Å². The first-order valence-corrected chi connectivity index (χ1v) is 23.5. The predicted octanol–water partition coefficient (Wildman–Crippen LogP) is 18.9. The highest BCUT2D eigenvalue weighted by molar-refractivity contribution is 7.25. The second kappa shape index (κ2) is 14.6. The number of fused-ring (bicyclic) bond motifs is 10. The Hall–Kier alpha value is -8.30. The van der Waals surface area contributed by atoms with Crippen LogP contribution in [-0.4, -0.2) is 0 Å². The van der Waals surface area contributed by atoms with Crippen LogP contribution in [0.3, 0.4) is 0 Å². The maximum absolute atomic E-state index is 7.15. The Kier molecular flexibility index (Phi) is 8.22. The zero-order chi connectivity index (χ0) is 43.3. The molecule has 0 radical (unpaired) electrons. The van der Waals surface area contributed by atoms with Gasteiger partial charge in [-0.25, -0.2) is 0 Å². The molecule has 0 amide bonds. The van der Waals surface area contributed by atoms with Crippen LogP contribution in [0.4, 0.5) is 0 Å². The molecule has 2 aromatic heterocycles. The number of para-hydroxylation sites is 1. The van der Waals surface area contributed by atoms with Crippen LogP contribution in [0.1, 0.15) is 0 Å². The summed E-state index contributed by atoms with van der Waals surface area (Å²) in [6.07, 6.45) is 0. The van der Waals surface area contributed by atoms with Gasteiger partial charge >= 0.3 is 0 Å². The minimum absolute atomic E-state index is 0.882. The van der Waals surface area contributed by atoms with Gasteiger partial charge in [0.25, 0.3) is 0 Å². The third kappa shape index (κ3) is 5.59. The third-order valence-corrected chi connectivity index (χ3v) is 15.0. The number of furan rings is 1. The Morgan fingerprint density at radius 3 is 1.20 bits per heavy atom. The minimum Gasteiger partial charge on any atom is -0.455 e. The monoisotopic (exact) mass is 854 g/mol. The number of hydrogen-bond donors (Lipinski definition) is 0. The lowest BCUT2D eigenvalue weighted by atomic mass is 9.85. The van der Waals surface area contributed by atoms with Gasteiger partial charge in [-0.1, -0.05) is 194 Å². The average Bonchev–Trinajstić information content (AvgIpc) is 3.95. The van der Waals surface area contributed by atoms with Crippen LogP contribution in [-0.2, 0) is 0 Å². The van der Waals surface area contributed by atoms with Crippen LogP contribution >= 0.6 is 11.3 Å². The molecule has 0 aliphatic heterocycles. The summed E-state index contributed by atoms with van der Waals surface area (Å²) in [4.78, 5) is 0. The molecular formula is C64H38OS. The van der Waals surface area contributed by atoms with Crippen molar-refractivity contribution in [2.75, 3.05) is 0 Å². The van der Waals surface area contributed by atoms with Crippen molar-refractivity contribution in [3.05, 3.63) is 231 Å². The number of benzene rings is 12. The Balaban J connectivity index is 0.968. The van der Waals surface area contributed by atoms with Crippen molar-refractivity contribution < 1.29 is 4.42 Å². The molecule has 2 heteroatoms. The van der Waals surface area contributed by atoms with Crippen LogP contribution in [0, 0.1) is 0 Å². The van der Waals surface area contributed by atoms with Crippen LogP contribution < -0.4 is 0 Å². The standard InChI is InChI=1S/C64H38OS/c1-3-16-39(17-4-1)41-31-34-58-55(36-41)56-37-42(32-35-59(56)66-58)61-49-24-11-13-26-51(49)63(52-27-14-12-25-50(52)61)54-29-15-28-53-44-33-30-43(38-57(44)65-64(53)54)62-47-22-9-7-20-45(47)60(40-18-5-2-6-19-40)46-21-8-10-23-48(46)62/h1-38H. The molecule has 0 saturated carbocycles. The topological polar surface area (TPSA) is 13.1 Å². The number of rotatable bonds is 5. The van der Waals surface area contributed by atoms with Crippen LogP contribution in [0.15, 0.2) is 235 Å². The van der Waals surface area contributed by atoms with Gasteiger partial charge in [0.1, 0.15) is 11.2 Å². The van der Waals surface area contributed by atoms with Gasteiger partial charge in [-0.2, -0.15) is 0 Å². The summed E-state index contributed by atoms with van der Waals surface area (Å²) in [5.41, 5.74) is 13.9. The molecule has 0 bridgehead atoms. The van der Waals surface area contributed by atoms with Gasteiger partial charge in [0, 0.05) is 42.1 Å². The van der Waals surface area contributed by atoms with E-state index in [9.17, 15) is 0 Å². The second-order valence-electron chi connectivity index (χ2n) is 17.4. The van der Waals surface area contributed by atoms with Gasteiger partial charge in [0.05, 0.1) is 0 Å². The van der Waals surface area contributed by atoms with E-state index < -0.39 is 0 Å². The fraction of sp³-hybridized carbons (Fsp3) is 0. The van der Waals surface area contributed by atoms with Gasteiger partial charge < -0.3 is 4.42 Å². The van der Waals surface area contributed by atoms with Gasteiger partial charge in [-0.3, -0.25) is 0 Å². The molecule has 0 aliphatic rings. The zero-order valence-corrected chi connectivity index (χ0v) is 36.6. The van der Waals surface area contributed by atoms with E-state index in [4.69, 9.17) is 4.42 Å². The molecule has 0 atom stereocenters. The Morgan fingerprint density at radius 1 is 0.242 bits per heavy atom. The van der Waals surface area contributed by atoms with E-state index in [2.05, 4.69) is 231 Å². The summed E-state index contributed by atoms with van der Waals surface area (Å²) in [6.45, 7) is 0. The van der Waals surface area contributed by atoms with Crippen LogP contribution in [0.25, 0.3) is 141 Å². The highest BCUT2D eigenvalue weighted by Crippen LogP contribution is 2.49. The molecule has 0 aliphatic carbocycles. The summed E-state index contributed by atoms with van der Waals surface area (Å²) < 4.78 is 9.76. The lowest BCUT2D eigenvalue weighted by molar-refractivity contribution is 0.670. The summed E-state index contributed by atoms with van der Waals surface area (Å²) in [5.74, 6) is 0. The number of thiophene rings is 1. The summed E-state index contributed by atoms with van der Waals surface area (Å²) >= 11 is 1.87. The largest absolute Gasteiger partial charge is 0.455 e. The van der Waals surface area contributed by atoms with Crippen molar-refractivity contribution in [2.45, 2.75) is 0 Å². The van der Waals surface area contributed by atoms with Crippen molar-refractivity contribution in [1.29, 1.82) is 0 Å². The predicted molar refractivity (Wildman–Crippen MR) is 284 cm³/mol. The van der Waals surface area contributed by atoms with Gasteiger partial charge in [0.15, 0.2) is 0 Å². The summed E-state index contributed by atoms with van der Waals surface area (Å²) in [5, 5.41) is 14.6. The molecule has 14 rings (SSSR count). The van der Waals surface area contributed by atoms with E-state index in [0.717, 1.165) is 33.1 Å². The molecule has 0 unspecified atom stereocenters. The Morgan fingerprint density at radius 2 is 0.652 bits per heavy atom. The average molecular weight is 855 g/mol. The quantitative estimate of drug-likeness (QED) is 0.157. The molecule has 1 nitrogen and oxygen atoms in total. The molecule has 0 spiro atoms. The first kappa shape index (κ1) is 37.1. The minimum atomic E-state index is 0.882. The summed E-state index contributed by atoms with van der Waals surface area (Å²) in [7, 11) is 0. The molecule has 2 heterocycles. The first-order chi connectivity index (χ1) is 32.7. The molecule has 66 heavy (non-hydrogen) atoms. The van der Waals surface area contributed by atoms with E-state index in [-0.39, 0.29) is 0 Å². The van der Waals surface area contributed by atoms with E-state index in [0.29, 0.717) is 0 Å². The maximum atomic E-state index is 7.15. The summed E-state index contributed by atoms with van der Waals surface area (Å²) in [6, 6.07) is 84.5. The molecular weight excluding hydrogens is 817 g/mol.